The Morgan fingerprint density at radius 1 is 0.952 bits per heavy atom. The van der Waals surface area contributed by atoms with Gasteiger partial charge in [0, 0.05) is 38.0 Å². The summed E-state index contributed by atoms with van der Waals surface area (Å²) in [4.78, 5) is 28.1. The lowest BCUT2D eigenvalue weighted by Crippen LogP contribution is -2.34. The number of aromatic nitrogens is 3. The summed E-state index contributed by atoms with van der Waals surface area (Å²) in [6.45, 7) is 14.3. The molecule has 3 heterocycles. The Bertz CT molecular complexity index is 1250. The number of hydrogen-bond acceptors (Lipinski definition) is 7. The van der Waals surface area contributed by atoms with Gasteiger partial charge in [-0.15, -0.1) is 0 Å². The minimum atomic E-state index is -0.959. The van der Waals surface area contributed by atoms with Gasteiger partial charge in [0.1, 0.15) is 11.2 Å². The molecule has 0 radical (unpaired) electrons. The fourth-order valence-corrected chi connectivity index (χ4v) is 5.36. The van der Waals surface area contributed by atoms with E-state index < -0.39 is 6.29 Å². The molecule has 2 N–H and O–H groups in total. The van der Waals surface area contributed by atoms with Crippen LogP contribution < -0.4 is 5.32 Å². The minimum Gasteiger partial charge on any atom is -0.364 e. The molecule has 1 saturated heterocycles. The molecule has 1 unspecified atom stereocenters. The van der Waals surface area contributed by atoms with E-state index in [0.29, 0.717) is 29.0 Å². The lowest BCUT2D eigenvalue weighted by atomic mass is 10.1. The van der Waals surface area contributed by atoms with Crippen LogP contribution in [0.4, 0.5) is 11.6 Å². The van der Waals surface area contributed by atoms with E-state index in [0.717, 1.165) is 75.4 Å². The Labute approximate surface area is 251 Å². The predicted molar refractivity (Wildman–Crippen MR) is 169 cm³/mol. The van der Waals surface area contributed by atoms with Crippen LogP contribution in [-0.4, -0.2) is 75.2 Å². The number of aryl methyl sites for hydroxylation is 1. The molecular formula is C33H50N6O3. The number of aliphatic hydroxyl groups excluding tert-OH is 1. The maximum Gasteiger partial charge on any atom is 0.272 e. The second-order valence-electron chi connectivity index (χ2n) is 12.4. The molecule has 42 heavy (non-hydrogen) atoms. The van der Waals surface area contributed by atoms with Gasteiger partial charge in [0.15, 0.2) is 11.9 Å². The fraction of sp³-hybridized carbons (Fsp3) is 0.606. The molecule has 9 nitrogen and oxygen atoms in total. The van der Waals surface area contributed by atoms with Gasteiger partial charge in [0.25, 0.3) is 5.91 Å². The smallest absolute Gasteiger partial charge is 0.272 e. The van der Waals surface area contributed by atoms with Crippen molar-refractivity contribution in [3.05, 3.63) is 47.7 Å². The van der Waals surface area contributed by atoms with Gasteiger partial charge in [0.05, 0.1) is 0 Å². The number of ether oxygens (including phenoxy) is 1. The van der Waals surface area contributed by atoms with Gasteiger partial charge in [-0.25, -0.2) is 9.97 Å². The van der Waals surface area contributed by atoms with Crippen molar-refractivity contribution in [2.24, 2.45) is 11.8 Å². The van der Waals surface area contributed by atoms with Crippen LogP contribution in [0, 0.1) is 11.8 Å². The SMILES string of the molecule is COC(O)c1ccc(Nc2nc3ccc(C(=O)N(CCC(C)C)CCC(C)C)nc3n2CCCN2CCCCC2)cc1. The van der Waals surface area contributed by atoms with Crippen molar-refractivity contribution in [3.63, 3.8) is 0 Å². The van der Waals surface area contributed by atoms with Gasteiger partial charge in [-0.05, 0) is 87.8 Å². The average molecular weight is 579 g/mol. The van der Waals surface area contributed by atoms with Crippen LogP contribution in [0.25, 0.3) is 11.2 Å². The second kappa shape index (κ2) is 15.5. The van der Waals surface area contributed by atoms with Crippen LogP contribution in [0.15, 0.2) is 36.4 Å². The lowest BCUT2D eigenvalue weighted by molar-refractivity contribution is -0.0769. The number of nitrogens with one attached hydrogen (secondary N) is 1. The molecule has 1 fully saturated rings. The molecule has 230 valence electrons. The number of fused-ring (bicyclic) bond motifs is 1. The summed E-state index contributed by atoms with van der Waals surface area (Å²) in [6.07, 6.45) is 5.80. The molecule has 1 aliphatic heterocycles. The molecule has 3 aromatic rings. The van der Waals surface area contributed by atoms with E-state index in [1.807, 2.05) is 41.3 Å². The van der Waals surface area contributed by atoms with Crippen molar-refractivity contribution in [2.45, 2.75) is 79.1 Å². The number of carbonyl (C=O) groups is 1. The van der Waals surface area contributed by atoms with Crippen LogP contribution in [0.2, 0.25) is 0 Å². The predicted octanol–water partition coefficient (Wildman–Crippen LogP) is 6.22. The number of carbonyl (C=O) groups excluding carboxylic acids is 1. The summed E-state index contributed by atoms with van der Waals surface area (Å²) in [5.41, 5.74) is 3.48. The van der Waals surface area contributed by atoms with Crippen molar-refractivity contribution in [3.8, 4) is 0 Å². The Morgan fingerprint density at radius 2 is 1.62 bits per heavy atom. The quantitative estimate of drug-likeness (QED) is 0.207. The van der Waals surface area contributed by atoms with Gasteiger partial charge in [0.2, 0.25) is 5.95 Å². The monoisotopic (exact) mass is 578 g/mol. The summed E-state index contributed by atoms with van der Waals surface area (Å²) in [6, 6.07) is 11.2. The molecule has 0 saturated carbocycles. The minimum absolute atomic E-state index is 0.0129. The van der Waals surface area contributed by atoms with E-state index in [4.69, 9.17) is 14.7 Å². The number of likely N-dealkylation sites (tertiary alicyclic amines) is 1. The number of piperidine rings is 1. The summed E-state index contributed by atoms with van der Waals surface area (Å²) in [5.74, 6) is 1.73. The van der Waals surface area contributed by atoms with Crippen LogP contribution in [0.3, 0.4) is 0 Å². The first kappa shape index (κ1) is 31.9. The number of hydrogen-bond donors (Lipinski definition) is 2. The Morgan fingerprint density at radius 3 is 2.24 bits per heavy atom. The lowest BCUT2D eigenvalue weighted by Gasteiger charge is -2.26. The van der Waals surface area contributed by atoms with E-state index in [-0.39, 0.29) is 5.91 Å². The fourth-order valence-electron chi connectivity index (χ4n) is 5.36. The number of anilines is 2. The van der Waals surface area contributed by atoms with E-state index in [1.165, 1.54) is 26.4 Å². The molecule has 0 aliphatic carbocycles. The highest BCUT2D eigenvalue weighted by Crippen LogP contribution is 2.25. The number of methoxy groups -OCH3 is 1. The first-order chi connectivity index (χ1) is 20.2. The number of aliphatic hydroxyl groups is 1. The average Bonchev–Trinajstić information content (AvgIpc) is 3.33. The standard InChI is InChI=1S/C33H50N6O3/c1-24(2)16-22-38(23-17-25(3)4)31(40)29-15-14-28-30(35-29)39(21-9-20-37-18-7-6-8-19-37)33(36-28)34-27-12-10-26(11-13-27)32(41)42-5/h10-15,24-25,32,41H,6-9,16-23H2,1-5H3,(H,34,36). The highest BCUT2D eigenvalue weighted by molar-refractivity contribution is 5.94. The number of imidazole rings is 1. The van der Waals surface area contributed by atoms with Gasteiger partial charge < -0.3 is 25.0 Å². The number of rotatable bonds is 15. The maximum absolute atomic E-state index is 13.7. The highest BCUT2D eigenvalue weighted by Gasteiger charge is 2.21. The van der Waals surface area contributed by atoms with Gasteiger partial charge in [-0.3, -0.25) is 9.36 Å². The molecule has 0 spiro atoms. The summed E-state index contributed by atoms with van der Waals surface area (Å²) in [7, 11) is 1.48. The van der Waals surface area contributed by atoms with Crippen molar-refractivity contribution >= 4 is 28.7 Å². The molecule has 1 aromatic carbocycles. The number of amides is 1. The topological polar surface area (TPSA) is 95.7 Å². The van der Waals surface area contributed by atoms with Gasteiger partial charge in [-0.1, -0.05) is 46.2 Å². The molecular weight excluding hydrogens is 528 g/mol. The molecule has 0 bridgehead atoms. The Balaban J connectivity index is 1.61. The van der Waals surface area contributed by atoms with E-state index in [9.17, 15) is 9.90 Å². The van der Waals surface area contributed by atoms with Crippen LogP contribution in [0.5, 0.6) is 0 Å². The molecule has 1 amide bonds. The zero-order valence-electron chi connectivity index (χ0n) is 26.2. The summed E-state index contributed by atoms with van der Waals surface area (Å²) >= 11 is 0. The molecule has 4 rings (SSSR count). The van der Waals surface area contributed by atoms with Crippen molar-refractivity contribution < 1.29 is 14.6 Å². The first-order valence-electron chi connectivity index (χ1n) is 15.7. The molecule has 2 aromatic heterocycles. The Kier molecular flexibility index (Phi) is 11.7. The summed E-state index contributed by atoms with van der Waals surface area (Å²) in [5, 5.41) is 13.4. The van der Waals surface area contributed by atoms with Crippen LogP contribution in [-0.2, 0) is 11.3 Å². The summed E-state index contributed by atoms with van der Waals surface area (Å²) < 4.78 is 7.14. The first-order valence-corrected chi connectivity index (χ1v) is 15.7. The van der Waals surface area contributed by atoms with Gasteiger partial charge in [-0.2, -0.15) is 0 Å². The Hall–Kier alpha value is -3.01. The van der Waals surface area contributed by atoms with Crippen molar-refractivity contribution in [1.29, 1.82) is 0 Å². The van der Waals surface area contributed by atoms with Crippen LogP contribution in [0.1, 0.15) is 88.6 Å². The maximum atomic E-state index is 13.7. The zero-order chi connectivity index (χ0) is 30.1. The van der Waals surface area contributed by atoms with Gasteiger partial charge >= 0.3 is 0 Å². The molecule has 9 heteroatoms. The highest BCUT2D eigenvalue weighted by atomic mass is 16.6. The third-order valence-corrected chi connectivity index (χ3v) is 8.03. The van der Waals surface area contributed by atoms with E-state index in [2.05, 4.69) is 42.5 Å². The normalized spacial score (nSPS) is 15.0. The molecule has 1 aliphatic rings. The largest absolute Gasteiger partial charge is 0.364 e. The zero-order valence-corrected chi connectivity index (χ0v) is 26.2. The second-order valence-corrected chi connectivity index (χ2v) is 12.4. The van der Waals surface area contributed by atoms with Crippen molar-refractivity contribution in [2.75, 3.05) is 45.2 Å². The number of benzene rings is 1. The van der Waals surface area contributed by atoms with Crippen LogP contribution >= 0.6 is 0 Å². The van der Waals surface area contributed by atoms with E-state index >= 15 is 0 Å². The number of pyridine rings is 1. The molecule has 1 atom stereocenters. The third kappa shape index (κ3) is 8.75. The third-order valence-electron chi connectivity index (χ3n) is 8.03. The number of nitrogens with zero attached hydrogens (tertiary/aromatic N) is 5. The van der Waals surface area contributed by atoms with Crippen molar-refractivity contribution in [1.82, 2.24) is 24.3 Å². The van der Waals surface area contributed by atoms with E-state index in [1.54, 1.807) is 0 Å².